The maximum absolute atomic E-state index is 13.7. The van der Waals surface area contributed by atoms with Crippen molar-refractivity contribution in [2.45, 2.75) is 11.3 Å². The van der Waals surface area contributed by atoms with Gasteiger partial charge in [-0.15, -0.1) is 0 Å². The zero-order chi connectivity index (χ0) is 16.0. The van der Waals surface area contributed by atoms with E-state index in [2.05, 4.69) is 11.8 Å². The van der Waals surface area contributed by atoms with Gasteiger partial charge in [0.25, 0.3) is 0 Å². The third-order valence-electron chi connectivity index (χ3n) is 2.24. The second kappa shape index (κ2) is 7.12. The number of rotatable bonds is 5. The number of amides is 1. The van der Waals surface area contributed by atoms with E-state index in [4.69, 9.17) is 10.8 Å². The number of primary amides is 1. The van der Waals surface area contributed by atoms with E-state index >= 15 is 0 Å². The highest BCUT2D eigenvalue weighted by atomic mass is 32.2. The van der Waals surface area contributed by atoms with Crippen LogP contribution in [-0.4, -0.2) is 32.6 Å². The molecule has 0 aliphatic heterocycles. The molecule has 0 spiro atoms. The van der Waals surface area contributed by atoms with E-state index in [-0.39, 0.29) is 13.0 Å². The fourth-order valence-electron chi connectivity index (χ4n) is 1.44. The van der Waals surface area contributed by atoms with Crippen LogP contribution in [0.25, 0.3) is 0 Å². The van der Waals surface area contributed by atoms with Crippen LogP contribution >= 0.6 is 0 Å². The van der Waals surface area contributed by atoms with Crippen molar-refractivity contribution in [2.24, 2.45) is 5.73 Å². The molecule has 1 aromatic carbocycles. The number of carbonyl (C=O) groups is 1. The maximum Gasteiger partial charge on any atom is 0.244 e. The number of sulfonamides is 1. The minimum Gasteiger partial charge on any atom is -0.384 e. The van der Waals surface area contributed by atoms with E-state index in [0.717, 1.165) is 6.07 Å². The molecule has 0 bridgehead atoms. The standard InChI is InChI=1S/C12H12F2N2O4S/c13-9-6-8(2-1-5-17)12(10(14)7-9)21(19,20)16-4-3-11(15)18/h6-7,16-17H,3-5H2,(H2,15,18). The first kappa shape index (κ1) is 17.0. The monoisotopic (exact) mass is 318 g/mol. The second-order valence-corrected chi connectivity index (χ2v) is 5.54. The molecule has 0 saturated heterocycles. The highest BCUT2D eigenvalue weighted by molar-refractivity contribution is 7.89. The molecule has 0 aromatic heterocycles. The summed E-state index contributed by atoms with van der Waals surface area (Å²) in [6, 6.07) is 1.13. The molecular formula is C12H12F2N2O4S. The normalized spacial score (nSPS) is 10.8. The van der Waals surface area contributed by atoms with Gasteiger partial charge in [-0.3, -0.25) is 4.79 Å². The third-order valence-corrected chi connectivity index (χ3v) is 3.78. The van der Waals surface area contributed by atoms with E-state index in [9.17, 15) is 22.0 Å². The van der Waals surface area contributed by atoms with Gasteiger partial charge in [-0.2, -0.15) is 0 Å². The Labute approximate surface area is 120 Å². The summed E-state index contributed by atoms with van der Waals surface area (Å²) < 4.78 is 52.8. The Balaban J connectivity index is 3.24. The summed E-state index contributed by atoms with van der Waals surface area (Å²) in [6.07, 6.45) is -0.278. The van der Waals surface area contributed by atoms with Gasteiger partial charge in [-0.1, -0.05) is 11.8 Å². The predicted octanol–water partition coefficient (Wildman–Crippen LogP) is -0.538. The van der Waals surface area contributed by atoms with Crippen molar-refractivity contribution in [1.82, 2.24) is 4.72 Å². The van der Waals surface area contributed by atoms with Crippen molar-refractivity contribution in [2.75, 3.05) is 13.2 Å². The topological polar surface area (TPSA) is 109 Å². The summed E-state index contributed by atoms with van der Waals surface area (Å²) in [5.74, 6) is 1.19. The minimum atomic E-state index is -4.35. The van der Waals surface area contributed by atoms with Crippen LogP contribution in [0.2, 0.25) is 0 Å². The van der Waals surface area contributed by atoms with Crippen molar-refractivity contribution in [1.29, 1.82) is 0 Å². The molecule has 1 amide bonds. The fraction of sp³-hybridized carbons (Fsp3) is 0.250. The van der Waals surface area contributed by atoms with Crippen LogP contribution in [0.5, 0.6) is 0 Å². The molecule has 0 heterocycles. The molecule has 1 rings (SSSR count). The molecule has 0 radical (unpaired) electrons. The summed E-state index contributed by atoms with van der Waals surface area (Å²) in [4.78, 5) is 9.70. The number of aliphatic hydroxyl groups is 1. The van der Waals surface area contributed by atoms with Gasteiger partial charge in [-0.25, -0.2) is 21.9 Å². The number of nitrogens with two attached hydrogens (primary N) is 1. The van der Waals surface area contributed by atoms with Gasteiger partial charge in [0, 0.05) is 19.0 Å². The predicted molar refractivity (Wildman–Crippen MR) is 69.3 cm³/mol. The Morgan fingerprint density at radius 2 is 2.05 bits per heavy atom. The van der Waals surface area contributed by atoms with Crippen LogP contribution in [0.15, 0.2) is 17.0 Å². The van der Waals surface area contributed by atoms with E-state index in [1.165, 1.54) is 0 Å². The Kier molecular flexibility index (Phi) is 5.78. The number of hydrogen-bond acceptors (Lipinski definition) is 4. The zero-order valence-corrected chi connectivity index (χ0v) is 11.5. The molecule has 6 nitrogen and oxygen atoms in total. The first-order valence-corrected chi connectivity index (χ1v) is 7.13. The molecule has 0 fully saturated rings. The smallest absolute Gasteiger partial charge is 0.244 e. The molecule has 0 saturated carbocycles. The lowest BCUT2D eigenvalue weighted by Gasteiger charge is -2.09. The Hall–Kier alpha value is -2.02. The van der Waals surface area contributed by atoms with Gasteiger partial charge in [0.15, 0.2) is 0 Å². The summed E-state index contributed by atoms with van der Waals surface area (Å²) in [5, 5.41) is 8.58. The molecule has 21 heavy (non-hydrogen) atoms. The van der Waals surface area contributed by atoms with Gasteiger partial charge < -0.3 is 10.8 Å². The van der Waals surface area contributed by atoms with E-state index < -0.39 is 44.6 Å². The van der Waals surface area contributed by atoms with Gasteiger partial charge in [0.2, 0.25) is 15.9 Å². The van der Waals surface area contributed by atoms with Crippen LogP contribution in [0.1, 0.15) is 12.0 Å². The van der Waals surface area contributed by atoms with Crippen molar-refractivity contribution in [3.8, 4) is 11.8 Å². The molecule has 0 unspecified atom stereocenters. The SMILES string of the molecule is NC(=O)CCNS(=O)(=O)c1c(F)cc(F)cc1C#CCO. The second-order valence-electron chi connectivity index (χ2n) is 3.84. The molecule has 114 valence electrons. The zero-order valence-electron chi connectivity index (χ0n) is 10.7. The number of carbonyl (C=O) groups excluding carboxylic acids is 1. The molecule has 9 heteroatoms. The highest BCUT2D eigenvalue weighted by Crippen LogP contribution is 2.20. The molecule has 0 atom stereocenters. The average molecular weight is 318 g/mol. The Bertz CT molecular complexity index is 708. The first-order chi connectivity index (χ1) is 9.77. The number of aliphatic hydroxyl groups excluding tert-OH is 1. The number of hydrogen-bond donors (Lipinski definition) is 3. The number of benzene rings is 1. The van der Waals surface area contributed by atoms with Crippen molar-refractivity contribution >= 4 is 15.9 Å². The lowest BCUT2D eigenvalue weighted by atomic mass is 10.2. The molecular weight excluding hydrogens is 306 g/mol. The molecule has 4 N–H and O–H groups in total. The fourth-order valence-corrected chi connectivity index (χ4v) is 2.67. The first-order valence-electron chi connectivity index (χ1n) is 5.64. The van der Waals surface area contributed by atoms with Crippen LogP contribution < -0.4 is 10.5 Å². The largest absolute Gasteiger partial charge is 0.384 e. The Morgan fingerprint density at radius 3 is 2.62 bits per heavy atom. The summed E-state index contributed by atoms with van der Waals surface area (Å²) in [7, 11) is -4.35. The van der Waals surface area contributed by atoms with Crippen LogP contribution in [0.3, 0.4) is 0 Å². The van der Waals surface area contributed by atoms with Gasteiger partial charge in [-0.05, 0) is 6.07 Å². The number of halogens is 2. The van der Waals surface area contributed by atoms with Gasteiger partial charge in [0.1, 0.15) is 23.1 Å². The lowest BCUT2D eigenvalue weighted by Crippen LogP contribution is -2.29. The maximum atomic E-state index is 13.7. The summed E-state index contributed by atoms with van der Waals surface area (Å²) in [5.41, 5.74) is 4.42. The van der Waals surface area contributed by atoms with Crippen LogP contribution in [0.4, 0.5) is 8.78 Å². The third kappa shape index (κ3) is 4.78. The number of nitrogens with one attached hydrogen (secondary N) is 1. The van der Waals surface area contributed by atoms with Crippen LogP contribution in [0, 0.1) is 23.5 Å². The molecule has 1 aromatic rings. The van der Waals surface area contributed by atoms with Crippen molar-refractivity contribution in [3.05, 3.63) is 29.3 Å². The summed E-state index contributed by atoms with van der Waals surface area (Å²) in [6.45, 7) is -0.936. The molecule has 0 aliphatic carbocycles. The highest BCUT2D eigenvalue weighted by Gasteiger charge is 2.23. The average Bonchev–Trinajstić information content (AvgIpc) is 2.34. The minimum absolute atomic E-state index is 0.278. The van der Waals surface area contributed by atoms with Gasteiger partial charge in [0.05, 0.1) is 5.56 Å². The van der Waals surface area contributed by atoms with E-state index in [1.54, 1.807) is 0 Å². The molecule has 0 aliphatic rings. The van der Waals surface area contributed by atoms with E-state index in [0.29, 0.717) is 6.07 Å². The van der Waals surface area contributed by atoms with Crippen molar-refractivity contribution in [3.63, 3.8) is 0 Å². The summed E-state index contributed by atoms with van der Waals surface area (Å²) >= 11 is 0. The van der Waals surface area contributed by atoms with Gasteiger partial charge >= 0.3 is 0 Å². The lowest BCUT2D eigenvalue weighted by molar-refractivity contribution is -0.117. The van der Waals surface area contributed by atoms with Crippen molar-refractivity contribution < 1.29 is 27.1 Å². The van der Waals surface area contributed by atoms with E-state index in [1.807, 2.05) is 4.72 Å². The quantitative estimate of drug-likeness (QED) is 0.634. The Morgan fingerprint density at radius 1 is 1.38 bits per heavy atom. The van der Waals surface area contributed by atoms with Crippen LogP contribution in [-0.2, 0) is 14.8 Å².